The molecule has 0 unspecified atom stereocenters. The van der Waals surface area contributed by atoms with Crippen molar-refractivity contribution in [3.05, 3.63) is 48.0 Å². The maximum atomic E-state index is 12.1. The van der Waals surface area contributed by atoms with E-state index in [1.165, 1.54) is 57.2 Å². The number of ether oxygens (including phenoxy) is 1. The highest BCUT2D eigenvalue weighted by atomic mass is 32.2. The number of fused-ring (bicyclic) bond motifs is 2. The Morgan fingerprint density at radius 2 is 1.66 bits per heavy atom. The van der Waals surface area contributed by atoms with Gasteiger partial charge in [0.05, 0.1) is 17.8 Å². The highest BCUT2D eigenvalue weighted by Crippen LogP contribution is 2.48. The van der Waals surface area contributed by atoms with Crippen LogP contribution in [0.15, 0.2) is 47.4 Å². The molecule has 3 aliphatic rings. The first-order valence-corrected chi connectivity index (χ1v) is 13.9. The molecule has 2 aliphatic carbocycles. The van der Waals surface area contributed by atoms with E-state index in [1.54, 1.807) is 26.2 Å². The maximum Gasteiger partial charge on any atom is 0.178 e. The molecule has 2 bridgehead atoms. The second-order valence-corrected chi connectivity index (χ2v) is 12.2. The molecule has 2 saturated carbocycles. The molecular weight excluding hydrogens is 418 g/mol. The average Bonchev–Trinajstić information content (AvgIpc) is 3.48. The molecule has 3 fully saturated rings. The first kappa shape index (κ1) is 22.0. The Balaban J connectivity index is 1.33. The second-order valence-electron chi connectivity index (χ2n) is 9.94. The standard InChI is InChI=1S/C27H35NO3S/c1-3-32(29,30)24-9-6-20(7-10-24)22-8-11-27(31-2)25(18-22)21-12-14-28(15-13-21)26-17-19-4-5-23(26)16-19/h6-11,18-19,21,23,26H,3-5,12-17H2,1-2H3/t19-,23-,26-/m0/s1. The van der Waals surface area contributed by atoms with Gasteiger partial charge in [-0.1, -0.05) is 31.5 Å². The lowest BCUT2D eigenvalue weighted by molar-refractivity contribution is 0.110. The van der Waals surface area contributed by atoms with E-state index < -0.39 is 9.84 Å². The summed E-state index contributed by atoms with van der Waals surface area (Å²) in [7, 11) is -1.42. The highest BCUT2D eigenvalue weighted by Gasteiger charge is 2.43. The Hall–Kier alpha value is -1.85. The van der Waals surface area contributed by atoms with Crippen molar-refractivity contribution < 1.29 is 13.2 Å². The highest BCUT2D eigenvalue weighted by molar-refractivity contribution is 7.91. The van der Waals surface area contributed by atoms with Crippen molar-refractivity contribution in [3.8, 4) is 16.9 Å². The van der Waals surface area contributed by atoms with Gasteiger partial charge in [-0.25, -0.2) is 8.42 Å². The van der Waals surface area contributed by atoms with Gasteiger partial charge in [-0.15, -0.1) is 0 Å². The van der Waals surface area contributed by atoms with Gasteiger partial charge in [-0.3, -0.25) is 0 Å². The minimum atomic E-state index is -3.17. The van der Waals surface area contributed by atoms with E-state index in [9.17, 15) is 8.42 Å². The van der Waals surface area contributed by atoms with Crippen LogP contribution >= 0.6 is 0 Å². The van der Waals surface area contributed by atoms with Crippen molar-refractivity contribution >= 4 is 9.84 Å². The fourth-order valence-electron chi connectivity index (χ4n) is 6.45. The Morgan fingerprint density at radius 3 is 2.25 bits per heavy atom. The molecule has 0 amide bonds. The lowest BCUT2D eigenvalue weighted by Gasteiger charge is -2.40. The fourth-order valence-corrected chi connectivity index (χ4v) is 7.34. The number of methoxy groups -OCH3 is 1. The lowest BCUT2D eigenvalue weighted by Crippen LogP contribution is -2.43. The smallest absolute Gasteiger partial charge is 0.178 e. The molecule has 1 saturated heterocycles. The lowest BCUT2D eigenvalue weighted by atomic mass is 9.85. The van der Waals surface area contributed by atoms with Gasteiger partial charge < -0.3 is 9.64 Å². The van der Waals surface area contributed by atoms with Crippen LogP contribution in [0.2, 0.25) is 0 Å². The topological polar surface area (TPSA) is 46.6 Å². The molecule has 1 aliphatic heterocycles. The summed E-state index contributed by atoms with van der Waals surface area (Å²) in [6.45, 7) is 4.06. The number of sulfone groups is 1. The van der Waals surface area contributed by atoms with Gasteiger partial charge >= 0.3 is 0 Å². The van der Waals surface area contributed by atoms with Gasteiger partial charge in [0.1, 0.15) is 5.75 Å². The number of hydrogen-bond acceptors (Lipinski definition) is 4. The van der Waals surface area contributed by atoms with Crippen molar-refractivity contribution in [1.29, 1.82) is 0 Å². The third-order valence-corrected chi connectivity index (χ3v) is 10.0. The number of piperidine rings is 1. The molecule has 5 rings (SSSR count). The van der Waals surface area contributed by atoms with E-state index in [0.29, 0.717) is 10.8 Å². The van der Waals surface area contributed by atoms with Crippen LogP contribution < -0.4 is 4.74 Å². The molecule has 2 aromatic rings. The number of nitrogens with zero attached hydrogens (tertiary/aromatic N) is 1. The summed E-state index contributed by atoms with van der Waals surface area (Å²) in [6, 6.07) is 14.6. The summed E-state index contributed by atoms with van der Waals surface area (Å²) >= 11 is 0. The van der Waals surface area contributed by atoms with Crippen molar-refractivity contribution in [3.63, 3.8) is 0 Å². The molecule has 0 aromatic heterocycles. The summed E-state index contributed by atoms with van der Waals surface area (Å²) in [5.74, 6) is 3.56. The van der Waals surface area contributed by atoms with E-state index in [1.807, 2.05) is 12.1 Å². The monoisotopic (exact) mass is 453 g/mol. The SMILES string of the molecule is CCS(=O)(=O)c1ccc(-c2ccc(OC)c(C3CCN([C@H]4C[C@H]5CC[C@H]4C5)CC3)c2)cc1. The summed E-state index contributed by atoms with van der Waals surface area (Å²) in [4.78, 5) is 3.18. The van der Waals surface area contributed by atoms with Gasteiger partial charge in [-0.05, 0) is 104 Å². The first-order chi connectivity index (χ1) is 15.5. The predicted octanol–water partition coefficient (Wildman–Crippen LogP) is 5.52. The number of rotatable bonds is 6. The zero-order valence-corrected chi connectivity index (χ0v) is 20.1. The largest absolute Gasteiger partial charge is 0.496 e. The quantitative estimate of drug-likeness (QED) is 0.577. The molecule has 5 heteroatoms. The van der Waals surface area contributed by atoms with E-state index in [-0.39, 0.29) is 5.75 Å². The Morgan fingerprint density at radius 1 is 0.938 bits per heavy atom. The number of hydrogen-bond donors (Lipinski definition) is 0. The Labute approximate surface area is 192 Å². The molecule has 1 heterocycles. The van der Waals surface area contributed by atoms with E-state index >= 15 is 0 Å². The van der Waals surface area contributed by atoms with Crippen LogP contribution in [0.4, 0.5) is 0 Å². The normalized spacial score (nSPS) is 26.5. The van der Waals surface area contributed by atoms with Crippen LogP contribution in [0, 0.1) is 11.8 Å². The van der Waals surface area contributed by atoms with Crippen molar-refractivity contribution in [1.82, 2.24) is 4.90 Å². The number of likely N-dealkylation sites (tertiary alicyclic amines) is 1. The molecule has 2 aromatic carbocycles. The average molecular weight is 454 g/mol. The van der Waals surface area contributed by atoms with Crippen LogP contribution in [0.1, 0.15) is 56.9 Å². The Kier molecular flexibility index (Phi) is 6.06. The number of benzene rings is 2. The van der Waals surface area contributed by atoms with Crippen LogP contribution in [0.3, 0.4) is 0 Å². The molecule has 0 radical (unpaired) electrons. The van der Waals surface area contributed by atoms with Gasteiger partial charge in [0.2, 0.25) is 0 Å². The van der Waals surface area contributed by atoms with Crippen LogP contribution in [0.5, 0.6) is 5.75 Å². The zero-order chi connectivity index (χ0) is 22.3. The van der Waals surface area contributed by atoms with Crippen molar-refractivity contribution in [2.45, 2.75) is 62.3 Å². The predicted molar refractivity (Wildman–Crippen MR) is 129 cm³/mol. The van der Waals surface area contributed by atoms with E-state index in [4.69, 9.17) is 4.74 Å². The summed E-state index contributed by atoms with van der Waals surface area (Å²) in [5.41, 5.74) is 3.46. The fraction of sp³-hybridized carbons (Fsp3) is 0.556. The van der Waals surface area contributed by atoms with Gasteiger partial charge in [0, 0.05) is 6.04 Å². The summed E-state index contributed by atoms with van der Waals surface area (Å²) < 4.78 is 30.0. The van der Waals surface area contributed by atoms with Gasteiger partial charge in [-0.2, -0.15) is 0 Å². The van der Waals surface area contributed by atoms with E-state index in [2.05, 4.69) is 23.1 Å². The van der Waals surface area contributed by atoms with Crippen LogP contribution in [-0.2, 0) is 9.84 Å². The molecular formula is C27H35NO3S. The third-order valence-electron chi connectivity index (χ3n) is 8.30. The molecule has 172 valence electrons. The summed E-state index contributed by atoms with van der Waals surface area (Å²) in [6.07, 6.45) is 8.18. The molecule has 3 atom stereocenters. The van der Waals surface area contributed by atoms with Crippen LogP contribution in [-0.4, -0.2) is 45.3 Å². The van der Waals surface area contributed by atoms with Crippen LogP contribution in [0.25, 0.3) is 11.1 Å². The third kappa shape index (κ3) is 4.10. The molecule has 0 spiro atoms. The molecule has 4 nitrogen and oxygen atoms in total. The first-order valence-electron chi connectivity index (χ1n) is 12.2. The Bertz CT molecular complexity index is 1050. The molecule has 0 N–H and O–H groups in total. The van der Waals surface area contributed by atoms with E-state index in [0.717, 1.165) is 34.8 Å². The minimum Gasteiger partial charge on any atom is -0.496 e. The van der Waals surface area contributed by atoms with Crippen molar-refractivity contribution in [2.24, 2.45) is 11.8 Å². The van der Waals surface area contributed by atoms with Gasteiger partial charge in [0.25, 0.3) is 0 Å². The molecule has 32 heavy (non-hydrogen) atoms. The minimum absolute atomic E-state index is 0.125. The van der Waals surface area contributed by atoms with Crippen molar-refractivity contribution in [2.75, 3.05) is 26.0 Å². The second kappa shape index (κ2) is 8.83. The summed E-state index contributed by atoms with van der Waals surface area (Å²) in [5, 5.41) is 0. The zero-order valence-electron chi connectivity index (χ0n) is 19.3. The van der Waals surface area contributed by atoms with Gasteiger partial charge in [0.15, 0.2) is 9.84 Å². The maximum absolute atomic E-state index is 12.1.